The zero-order valence-corrected chi connectivity index (χ0v) is 12.9. The van der Waals surface area contributed by atoms with Crippen LogP contribution in [0, 0.1) is 6.92 Å². The molecular weight excluding hydrogens is 230 g/mol. The Bertz CT molecular complexity index is 451. The molecule has 0 aliphatic carbocycles. The van der Waals surface area contributed by atoms with Crippen molar-refractivity contribution in [3.8, 4) is 0 Å². The van der Waals surface area contributed by atoms with Gasteiger partial charge < -0.3 is 4.90 Å². The SMILES string of the molecule is C=C(C)c1ccc(C)c(C(=C)N(CCC)CCC)c1. The van der Waals surface area contributed by atoms with E-state index in [1.807, 2.05) is 6.92 Å². The summed E-state index contributed by atoms with van der Waals surface area (Å²) in [5, 5.41) is 0. The summed E-state index contributed by atoms with van der Waals surface area (Å²) in [7, 11) is 0. The summed E-state index contributed by atoms with van der Waals surface area (Å²) in [4.78, 5) is 2.39. The molecule has 0 spiro atoms. The van der Waals surface area contributed by atoms with Gasteiger partial charge in [-0.15, -0.1) is 0 Å². The molecule has 0 bridgehead atoms. The predicted molar refractivity (Wildman–Crippen MR) is 87.1 cm³/mol. The number of aryl methyl sites for hydroxylation is 1. The minimum absolute atomic E-state index is 1.07. The van der Waals surface area contributed by atoms with Crippen LogP contribution in [-0.2, 0) is 0 Å². The fourth-order valence-electron chi connectivity index (χ4n) is 2.29. The second kappa shape index (κ2) is 7.18. The molecule has 0 atom stereocenters. The van der Waals surface area contributed by atoms with E-state index in [0.717, 1.165) is 37.2 Å². The summed E-state index contributed by atoms with van der Waals surface area (Å²) >= 11 is 0. The van der Waals surface area contributed by atoms with Crippen molar-refractivity contribution in [1.29, 1.82) is 0 Å². The van der Waals surface area contributed by atoms with E-state index in [2.05, 4.69) is 57.0 Å². The first-order valence-electron chi connectivity index (χ1n) is 7.22. The van der Waals surface area contributed by atoms with Gasteiger partial charge in [-0.3, -0.25) is 0 Å². The third-order valence-electron chi connectivity index (χ3n) is 3.41. The molecule has 1 nitrogen and oxygen atoms in total. The number of allylic oxidation sites excluding steroid dienone is 1. The highest BCUT2D eigenvalue weighted by Gasteiger charge is 2.11. The largest absolute Gasteiger partial charge is 0.372 e. The highest BCUT2D eigenvalue weighted by atomic mass is 15.1. The lowest BCUT2D eigenvalue weighted by molar-refractivity contribution is 0.396. The molecule has 0 aromatic heterocycles. The molecular formula is C18H27N. The standard InChI is InChI=1S/C18H27N/c1-7-11-19(12-8-2)16(6)18-13-17(14(3)4)10-9-15(18)5/h9-10,13H,3,6-8,11-12H2,1-2,4-5H3. The zero-order valence-electron chi connectivity index (χ0n) is 12.9. The average molecular weight is 257 g/mol. The maximum absolute atomic E-state index is 4.32. The van der Waals surface area contributed by atoms with Crippen LogP contribution in [-0.4, -0.2) is 18.0 Å². The van der Waals surface area contributed by atoms with Crippen LogP contribution in [0.2, 0.25) is 0 Å². The zero-order chi connectivity index (χ0) is 14.4. The van der Waals surface area contributed by atoms with Crippen LogP contribution < -0.4 is 0 Å². The van der Waals surface area contributed by atoms with Crippen molar-refractivity contribution in [1.82, 2.24) is 4.90 Å². The molecule has 0 radical (unpaired) electrons. The minimum atomic E-state index is 1.07. The van der Waals surface area contributed by atoms with E-state index in [1.54, 1.807) is 0 Å². The molecule has 0 N–H and O–H groups in total. The Morgan fingerprint density at radius 3 is 2.16 bits per heavy atom. The molecule has 1 aromatic rings. The van der Waals surface area contributed by atoms with Crippen LogP contribution >= 0.6 is 0 Å². The molecule has 1 heteroatoms. The summed E-state index contributed by atoms with van der Waals surface area (Å²) in [6.45, 7) is 19.1. The minimum Gasteiger partial charge on any atom is -0.372 e. The van der Waals surface area contributed by atoms with E-state index in [-0.39, 0.29) is 0 Å². The number of rotatable bonds is 7. The molecule has 0 aliphatic heterocycles. The van der Waals surface area contributed by atoms with E-state index in [0.29, 0.717) is 0 Å². The van der Waals surface area contributed by atoms with Crippen molar-refractivity contribution in [2.45, 2.75) is 40.5 Å². The smallest absolute Gasteiger partial charge is 0.0369 e. The van der Waals surface area contributed by atoms with Crippen LogP contribution in [0.1, 0.15) is 50.3 Å². The van der Waals surface area contributed by atoms with Crippen LogP contribution in [0.25, 0.3) is 11.3 Å². The fraction of sp³-hybridized carbons (Fsp3) is 0.444. The second-order valence-electron chi connectivity index (χ2n) is 5.24. The van der Waals surface area contributed by atoms with Crippen molar-refractivity contribution >= 4 is 11.3 Å². The summed E-state index contributed by atoms with van der Waals surface area (Å²) in [5.74, 6) is 0. The normalized spacial score (nSPS) is 10.3. The molecule has 19 heavy (non-hydrogen) atoms. The van der Waals surface area contributed by atoms with Gasteiger partial charge in [0.25, 0.3) is 0 Å². The van der Waals surface area contributed by atoms with Gasteiger partial charge in [-0.2, -0.15) is 0 Å². The Labute approximate surface area is 118 Å². The molecule has 0 saturated heterocycles. The van der Waals surface area contributed by atoms with E-state index < -0.39 is 0 Å². The lowest BCUT2D eigenvalue weighted by atomic mass is 9.99. The molecule has 0 amide bonds. The highest BCUT2D eigenvalue weighted by Crippen LogP contribution is 2.25. The molecule has 1 aromatic carbocycles. The summed E-state index contributed by atoms with van der Waals surface area (Å²) < 4.78 is 0. The number of hydrogen-bond acceptors (Lipinski definition) is 1. The average Bonchev–Trinajstić information content (AvgIpc) is 2.38. The van der Waals surface area contributed by atoms with Gasteiger partial charge in [-0.25, -0.2) is 0 Å². The van der Waals surface area contributed by atoms with E-state index in [9.17, 15) is 0 Å². The monoisotopic (exact) mass is 257 g/mol. The van der Waals surface area contributed by atoms with Crippen molar-refractivity contribution in [3.63, 3.8) is 0 Å². The topological polar surface area (TPSA) is 3.24 Å². The van der Waals surface area contributed by atoms with Gasteiger partial charge in [0.1, 0.15) is 0 Å². The Morgan fingerprint density at radius 2 is 1.68 bits per heavy atom. The predicted octanol–water partition coefficient (Wildman–Crippen LogP) is 5.12. The van der Waals surface area contributed by atoms with Crippen LogP contribution in [0.3, 0.4) is 0 Å². The lowest BCUT2D eigenvalue weighted by Gasteiger charge is -2.27. The lowest BCUT2D eigenvalue weighted by Crippen LogP contribution is -2.23. The number of benzene rings is 1. The molecule has 0 saturated carbocycles. The first kappa shape index (κ1) is 15.6. The van der Waals surface area contributed by atoms with Gasteiger partial charge in [0.15, 0.2) is 0 Å². The van der Waals surface area contributed by atoms with Crippen molar-refractivity contribution in [2.75, 3.05) is 13.1 Å². The molecule has 1 rings (SSSR count). The van der Waals surface area contributed by atoms with Gasteiger partial charge in [0, 0.05) is 24.4 Å². The molecule has 0 fully saturated rings. The summed E-state index contributed by atoms with van der Waals surface area (Å²) in [6, 6.07) is 6.53. The quantitative estimate of drug-likeness (QED) is 0.655. The van der Waals surface area contributed by atoms with Gasteiger partial charge in [0.2, 0.25) is 0 Å². The van der Waals surface area contributed by atoms with Crippen LogP contribution in [0.5, 0.6) is 0 Å². The van der Waals surface area contributed by atoms with E-state index in [4.69, 9.17) is 0 Å². The molecule has 0 unspecified atom stereocenters. The Kier molecular flexibility index (Phi) is 5.88. The first-order chi connectivity index (χ1) is 9.01. The van der Waals surface area contributed by atoms with Gasteiger partial charge >= 0.3 is 0 Å². The summed E-state index contributed by atoms with van der Waals surface area (Å²) in [6.07, 6.45) is 2.30. The Morgan fingerprint density at radius 1 is 1.11 bits per heavy atom. The fourth-order valence-corrected chi connectivity index (χ4v) is 2.29. The summed E-state index contributed by atoms with van der Waals surface area (Å²) in [5.41, 5.74) is 5.99. The van der Waals surface area contributed by atoms with Gasteiger partial charge in [-0.05, 0) is 43.9 Å². The van der Waals surface area contributed by atoms with E-state index in [1.165, 1.54) is 16.7 Å². The third kappa shape index (κ3) is 3.99. The highest BCUT2D eigenvalue weighted by molar-refractivity contribution is 5.71. The van der Waals surface area contributed by atoms with Gasteiger partial charge in [0.05, 0.1) is 0 Å². The number of hydrogen-bond donors (Lipinski definition) is 0. The van der Waals surface area contributed by atoms with Crippen molar-refractivity contribution in [2.24, 2.45) is 0 Å². The molecule has 0 heterocycles. The third-order valence-corrected chi connectivity index (χ3v) is 3.41. The van der Waals surface area contributed by atoms with Crippen LogP contribution in [0.4, 0.5) is 0 Å². The maximum Gasteiger partial charge on any atom is 0.0369 e. The van der Waals surface area contributed by atoms with Gasteiger partial charge in [-0.1, -0.05) is 44.7 Å². The van der Waals surface area contributed by atoms with Crippen molar-refractivity contribution in [3.05, 3.63) is 48.0 Å². The van der Waals surface area contributed by atoms with Crippen molar-refractivity contribution < 1.29 is 0 Å². The van der Waals surface area contributed by atoms with E-state index >= 15 is 0 Å². The maximum atomic E-state index is 4.32. The second-order valence-corrected chi connectivity index (χ2v) is 5.24. The Balaban J connectivity index is 3.08. The van der Waals surface area contributed by atoms with Crippen LogP contribution in [0.15, 0.2) is 31.4 Å². The number of nitrogens with zero attached hydrogens (tertiary/aromatic N) is 1. The molecule has 104 valence electrons. The Hall–Kier alpha value is -1.50. The molecule has 0 aliphatic rings. The first-order valence-corrected chi connectivity index (χ1v) is 7.22.